The second-order valence-electron chi connectivity index (χ2n) is 2.46. The van der Waals surface area contributed by atoms with Crippen LogP contribution in [0.25, 0.3) is 0 Å². The van der Waals surface area contributed by atoms with Crippen LogP contribution in [-0.2, 0) is 0 Å². The first-order valence-electron chi connectivity index (χ1n) is 4.08. The summed E-state index contributed by atoms with van der Waals surface area (Å²) in [6, 6.07) is 0. The molecule has 0 unspecified atom stereocenters. The number of carbonyl (C=O) groups is 1. The Morgan fingerprint density at radius 2 is 2.54 bits per heavy atom. The molecule has 0 fully saturated rings. The van der Waals surface area contributed by atoms with Gasteiger partial charge in [0.2, 0.25) is 0 Å². The van der Waals surface area contributed by atoms with Crippen LogP contribution in [0.5, 0.6) is 0 Å². The number of nitrogens with zero attached hydrogens (tertiary/aromatic N) is 2. The van der Waals surface area contributed by atoms with Gasteiger partial charge in [-0.15, -0.1) is 0 Å². The van der Waals surface area contributed by atoms with Gasteiger partial charge in [-0.3, -0.25) is 4.79 Å². The highest BCUT2D eigenvalue weighted by molar-refractivity contribution is 7.17. The number of hydrogen-bond donors (Lipinski definition) is 1. The number of hydrogen-bond acceptors (Lipinski definition) is 5. The monoisotopic (exact) mass is 200 g/mol. The summed E-state index contributed by atoms with van der Waals surface area (Å²) in [5.41, 5.74) is 0. The van der Waals surface area contributed by atoms with Gasteiger partial charge in [0.05, 0.1) is 12.8 Å². The average molecular weight is 200 g/mol. The van der Waals surface area contributed by atoms with Crippen molar-refractivity contribution < 1.29 is 9.90 Å². The fourth-order valence-electron chi connectivity index (χ4n) is 1.02. The number of rotatable bonds is 5. The molecule has 0 radical (unpaired) electrons. The highest BCUT2D eigenvalue weighted by atomic mass is 32.1. The molecule has 1 heterocycles. The van der Waals surface area contributed by atoms with Gasteiger partial charge in [-0.1, -0.05) is 11.3 Å². The largest absolute Gasteiger partial charge is 0.395 e. The fraction of sp³-hybridized carbons (Fsp3) is 0.500. The van der Waals surface area contributed by atoms with E-state index in [1.54, 1.807) is 6.20 Å². The second kappa shape index (κ2) is 4.94. The van der Waals surface area contributed by atoms with Gasteiger partial charge in [-0.2, -0.15) is 0 Å². The van der Waals surface area contributed by atoms with E-state index in [-0.39, 0.29) is 6.61 Å². The lowest BCUT2D eigenvalue weighted by atomic mass is 10.5. The van der Waals surface area contributed by atoms with Crippen molar-refractivity contribution in [3.05, 3.63) is 11.2 Å². The van der Waals surface area contributed by atoms with Crippen molar-refractivity contribution in [3.63, 3.8) is 0 Å². The SMILES string of the molecule is CCN(CCO)c1cnc(C=O)s1. The number of aliphatic hydroxyl groups is 1. The first kappa shape index (κ1) is 10.1. The van der Waals surface area contributed by atoms with Crippen molar-refractivity contribution in [1.82, 2.24) is 4.98 Å². The lowest BCUT2D eigenvalue weighted by molar-refractivity contribution is 0.112. The zero-order valence-corrected chi connectivity index (χ0v) is 8.25. The number of aliphatic hydroxyl groups excluding tert-OH is 1. The van der Waals surface area contributed by atoms with E-state index in [0.29, 0.717) is 11.6 Å². The third kappa shape index (κ3) is 2.50. The highest BCUT2D eigenvalue weighted by Gasteiger charge is 2.07. The Balaban J connectivity index is 2.72. The summed E-state index contributed by atoms with van der Waals surface area (Å²) >= 11 is 1.34. The van der Waals surface area contributed by atoms with Crippen molar-refractivity contribution in [1.29, 1.82) is 0 Å². The van der Waals surface area contributed by atoms with Gasteiger partial charge in [-0.25, -0.2) is 4.98 Å². The Hall–Kier alpha value is -0.940. The van der Waals surface area contributed by atoms with Crippen molar-refractivity contribution in [2.75, 3.05) is 24.6 Å². The molecule has 1 N–H and O–H groups in total. The van der Waals surface area contributed by atoms with Crippen LogP contribution in [0.2, 0.25) is 0 Å². The van der Waals surface area contributed by atoms with Crippen LogP contribution in [0.1, 0.15) is 16.7 Å². The van der Waals surface area contributed by atoms with Crippen LogP contribution >= 0.6 is 11.3 Å². The minimum Gasteiger partial charge on any atom is -0.395 e. The van der Waals surface area contributed by atoms with Crippen molar-refractivity contribution in [2.24, 2.45) is 0 Å². The van der Waals surface area contributed by atoms with Gasteiger partial charge in [0, 0.05) is 13.1 Å². The van der Waals surface area contributed by atoms with E-state index in [1.807, 2.05) is 11.8 Å². The van der Waals surface area contributed by atoms with Gasteiger partial charge in [0.1, 0.15) is 5.00 Å². The number of thiazole rings is 1. The molecular formula is C8H12N2O2S. The number of carbonyl (C=O) groups excluding carboxylic acids is 1. The van der Waals surface area contributed by atoms with E-state index >= 15 is 0 Å². The van der Waals surface area contributed by atoms with Crippen molar-refractivity contribution in [2.45, 2.75) is 6.92 Å². The van der Waals surface area contributed by atoms with Crippen LogP contribution in [0, 0.1) is 0 Å². The average Bonchev–Trinajstić information content (AvgIpc) is 2.62. The maximum absolute atomic E-state index is 10.4. The van der Waals surface area contributed by atoms with Gasteiger partial charge in [-0.05, 0) is 6.92 Å². The standard InChI is InChI=1S/C8H12N2O2S/c1-2-10(3-4-11)8-5-9-7(6-12)13-8/h5-6,11H,2-4H2,1H3. The van der Waals surface area contributed by atoms with E-state index in [1.165, 1.54) is 11.3 Å². The lowest BCUT2D eigenvalue weighted by Crippen LogP contribution is -2.25. The van der Waals surface area contributed by atoms with E-state index in [0.717, 1.165) is 17.8 Å². The van der Waals surface area contributed by atoms with Crippen LogP contribution < -0.4 is 4.90 Å². The van der Waals surface area contributed by atoms with E-state index < -0.39 is 0 Å². The van der Waals surface area contributed by atoms with Crippen molar-refractivity contribution >= 4 is 22.6 Å². The van der Waals surface area contributed by atoms with Gasteiger partial charge < -0.3 is 10.0 Å². The molecule has 0 atom stereocenters. The molecule has 0 aliphatic carbocycles. The zero-order valence-electron chi connectivity index (χ0n) is 7.43. The van der Waals surface area contributed by atoms with Gasteiger partial charge >= 0.3 is 0 Å². The summed E-state index contributed by atoms with van der Waals surface area (Å²) in [6.07, 6.45) is 2.40. The molecule has 1 rings (SSSR count). The molecule has 4 nitrogen and oxygen atoms in total. The number of anilines is 1. The maximum Gasteiger partial charge on any atom is 0.178 e. The topological polar surface area (TPSA) is 53.4 Å². The van der Waals surface area contributed by atoms with E-state index in [9.17, 15) is 4.79 Å². The minimum atomic E-state index is 0.113. The molecule has 0 amide bonds. The van der Waals surface area contributed by atoms with Crippen LogP contribution in [0.15, 0.2) is 6.20 Å². The Bertz CT molecular complexity index is 275. The smallest absolute Gasteiger partial charge is 0.178 e. The zero-order chi connectivity index (χ0) is 9.68. The molecule has 0 bridgehead atoms. The summed E-state index contributed by atoms with van der Waals surface area (Å²) in [6.45, 7) is 3.50. The molecular weight excluding hydrogens is 188 g/mol. The summed E-state index contributed by atoms with van der Waals surface area (Å²) in [7, 11) is 0. The summed E-state index contributed by atoms with van der Waals surface area (Å²) in [5, 5.41) is 10.2. The molecule has 13 heavy (non-hydrogen) atoms. The number of aldehydes is 1. The maximum atomic E-state index is 10.4. The molecule has 0 saturated heterocycles. The number of likely N-dealkylation sites (N-methyl/N-ethyl adjacent to an activating group) is 1. The first-order chi connectivity index (χ1) is 6.31. The van der Waals surface area contributed by atoms with Crippen molar-refractivity contribution in [3.8, 4) is 0 Å². The normalized spacial score (nSPS) is 10.0. The predicted molar refractivity (Wildman–Crippen MR) is 52.5 cm³/mol. The molecule has 72 valence electrons. The molecule has 1 aromatic heterocycles. The summed E-state index contributed by atoms with van der Waals surface area (Å²) in [5.74, 6) is 0. The van der Waals surface area contributed by atoms with Crippen LogP contribution in [0.3, 0.4) is 0 Å². The van der Waals surface area contributed by atoms with E-state index in [4.69, 9.17) is 5.11 Å². The summed E-state index contributed by atoms with van der Waals surface area (Å²) in [4.78, 5) is 16.3. The predicted octanol–water partition coefficient (Wildman–Crippen LogP) is 0.774. The Morgan fingerprint density at radius 3 is 3.00 bits per heavy atom. The third-order valence-electron chi connectivity index (χ3n) is 1.68. The first-order valence-corrected chi connectivity index (χ1v) is 4.90. The van der Waals surface area contributed by atoms with E-state index in [2.05, 4.69) is 4.98 Å². The molecule has 5 heteroatoms. The Kier molecular flexibility index (Phi) is 3.85. The highest BCUT2D eigenvalue weighted by Crippen LogP contribution is 2.21. The molecule has 1 aromatic rings. The van der Waals surface area contributed by atoms with Gasteiger partial charge in [0.25, 0.3) is 0 Å². The number of aromatic nitrogens is 1. The molecule has 0 aliphatic rings. The molecule has 0 aromatic carbocycles. The lowest BCUT2D eigenvalue weighted by Gasteiger charge is -2.18. The molecule has 0 aliphatic heterocycles. The minimum absolute atomic E-state index is 0.113. The Labute approximate surface area is 80.8 Å². The van der Waals surface area contributed by atoms with Crippen LogP contribution in [0.4, 0.5) is 5.00 Å². The van der Waals surface area contributed by atoms with Gasteiger partial charge in [0.15, 0.2) is 11.3 Å². The Morgan fingerprint density at radius 1 is 1.77 bits per heavy atom. The fourth-order valence-corrected chi connectivity index (χ4v) is 1.85. The summed E-state index contributed by atoms with van der Waals surface area (Å²) < 4.78 is 0. The molecule has 0 spiro atoms. The quantitative estimate of drug-likeness (QED) is 0.713. The second-order valence-corrected chi connectivity index (χ2v) is 3.50. The third-order valence-corrected chi connectivity index (χ3v) is 2.66. The van der Waals surface area contributed by atoms with Crippen LogP contribution in [-0.4, -0.2) is 36.1 Å². The molecule has 0 saturated carbocycles.